The Labute approximate surface area is 222 Å². The first-order chi connectivity index (χ1) is 17.9. The first-order valence-electron chi connectivity index (χ1n) is 13.9. The van der Waals surface area contributed by atoms with Gasteiger partial charge in [-0.25, -0.2) is 0 Å². The van der Waals surface area contributed by atoms with E-state index in [4.69, 9.17) is 4.74 Å². The summed E-state index contributed by atoms with van der Waals surface area (Å²) in [5, 5.41) is 0. The molecule has 1 aliphatic rings. The van der Waals surface area contributed by atoms with Crippen LogP contribution in [-0.2, 0) is 5.41 Å². The van der Waals surface area contributed by atoms with Crippen molar-refractivity contribution in [2.24, 2.45) is 0 Å². The highest BCUT2D eigenvalue weighted by Crippen LogP contribution is 2.54. The molecule has 194 valence electrons. The molecule has 0 saturated heterocycles. The third kappa shape index (κ3) is 6.88. The van der Waals surface area contributed by atoms with Crippen molar-refractivity contribution in [1.82, 2.24) is 0 Å². The molecule has 0 fully saturated rings. The lowest BCUT2D eigenvalue weighted by Crippen LogP contribution is -2.34. The second-order valence-electron chi connectivity index (χ2n) is 6.58. The highest BCUT2D eigenvalue weighted by molar-refractivity contribution is 5.68. The average Bonchev–Trinajstić information content (AvgIpc) is 3.02. The molecule has 5 rings (SSSR count). The first-order valence-corrected chi connectivity index (χ1v) is 13.9. The largest absolute Gasteiger partial charge is 0.457 e. The minimum Gasteiger partial charge on any atom is -0.457 e. The Balaban J connectivity index is 0.00000110. The highest BCUT2D eigenvalue weighted by Gasteiger charge is 2.44. The second-order valence-corrected chi connectivity index (χ2v) is 6.58. The lowest BCUT2D eigenvalue weighted by atomic mass is 9.64. The van der Waals surface area contributed by atoms with Gasteiger partial charge in [0.25, 0.3) is 0 Å². The minimum atomic E-state index is -0.395. The van der Waals surface area contributed by atoms with Gasteiger partial charge in [0.15, 0.2) is 0 Å². The van der Waals surface area contributed by atoms with Gasteiger partial charge in [-0.15, -0.1) is 0 Å². The third-order valence-electron chi connectivity index (χ3n) is 5.22. The van der Waals surface area contributed by atoms with Crippen molar-refractivity contribution in [1.29, 1.82) is 0 Å². The van der Waals surface area contributed by atoms with E-state index in [-0.39, 0.29) is 0 Å². The number of hydrogen-bond acceptors (Lipinski definition) is 1. The van der Waals surface area contributed by atoms with Crippen LogP contribution in [0.3, 0.4) is 0 Å². The quantitative estimate of drug-likeness (QED) is 0.242. The monoisotopic (exact) mass is 484 g/mol. The Kier molecular flexibility index (Phi) is 17.2. The molecule has 1 heterocycles. The van der Waals surface area contributed by atoms with E-state index in [2.05, 4.69) is 97.1 Å². The van der Waals surface area contributed by atoms with Gasteiger partial charge in [-0.3, -0.25) is 0 Å². The molecule has 4 aromatic carbocycles. The lowest BCUT2D eigenvalue weighted by molar-refractivity contribution is 0.434. The Morgan fingerprint density at radius 1 is 0.361 bits per heavy atom. The average molecular weight is 485 g/mol. The smallest absolute Gasteiger partial charge is 0.132 e. The molecule has 0 radical (unpaired) electrons. The molecule has 0 saturated carbocycles. The van der Waals surface area contributed by atoms with Gasteiger partial charge < -0.3 is 4.74 Å². The summed E-state index contributed by atoms with van der Waals surface area (Å²) in [6.07, 6.45) is 0. The van der Waals surface area contributed by atoms with E-state index in [0.717, 1.165) is 11.5 Å². The van der Waals surface area contributed by atoms with Crippen molar-refractivity contribution in [2.75, 3.05) is 0 Å². The summed E-state index contributed by atoms with van der Waals surface area (Å²) in [6.45, 7) is 20.0. The molecular formula is C35H48O. The molecule has 0 amide bonds. The molecule has 1 nitrogen and oxygen atoms in total. The van der Waals surface area contributed by atoms with Crippen molar-refractivity contribution >= 4 is 0 Å². The van der Waals surface area contributed by atoms with Gasteiger partial charge in [0.05, 0.1) is 5.41 Å². The zero-order valence-corrected chi connectivity index (χ0v) is 24.3. The maximum Gasteiger partial charge on any atom is 0.132 e. The predicted octanol–water partition coefficient (Wildman–Crippen LogP) is 11.3. The van der Waals surface area contributed by atoms with E-state index in [0.29, 0.717) is 0 Å². The molecule has 36 heavy (non-hydrogen) atoms. The number of fused-ring (bicyclic) bond motifs is 2. The number of ether oxygens (including phenoxy) is 1. The number of hydrogen-bond donors (Lipinski definition) is 0. The maximum atomic E-state index is 6.28. The van der Waals surface area contributed by atoms with Gasteiger partial charge >= 0.3 is 0 Å². The van der Waals surface area contributed by atoms with Crippen molar-refractivity contribution in [3.63, 3.8) is 0 Å². The molecule has 0 aliphatic carbocycles. The van der Waals surface area contributed by atoms with Gasteiger partial charge in [-0.05, 0) is 23.3 Å². The fraction of sp³-hybridized carbons (Fsp3) is 0.314. The van der Waals surface area contributed by atoms with Crippen LogP contribution in [0.2, 0.25) is 0 Å². The van der Waals surface area contributed by atoms with Crippen LogP contribution >= 0.6 is 0 Å². The molecule has 1 aliphatic heterocycles. The van der Waals surface area contributed by atoms with Gasteiger partial charge in [-0.2, -0.15) is 0 Å². The zero-order valence-electron chi connectivity index (χ0n) is 24.3. The molecular weight excluding hydrogens is 436 g/mol. The van der Waals surface area contributed by atoms with Crippen LogP contribution < -0.4 is 4.74 Å². The summed E-state index contributed by atoms with van der Waals surface area (Å²) < 4.78 is 6.28. The predicted molar refractivity (Wildman–Crippen MR) is 162 cm³/mol. The first kappa shape index (κ1) is 32.7. The van der Waals surface area contributed by atoms with Crippen LogP contribution in [0.1, 0.15) is 91.5 Å². The molecule has 0 atom stereocenters. The topological polar surface area (TPSA) is 9.23 Å². The molecule has 0 N–H and O–H groups in total. The van der Waals surface area contributed by atoms with E-state index in [9.17, 15) is 0 Å². The van der Waals surface area contributed by atoms with Crippen molar-refractivity contribution in [3.05, 3.63) is 131 Å². The van der Waals surface area contributed by atoms with E-state index < -0.39 is 5.41 Å². The zero-order chi connectivity index (χ0) is 27.4. The van der Waals surface area contributed by atoms with E-state index >= 15 is 0 Å². The number of benzene rings is 4. The maximum absolute atomic E-state index is 6.28. The molecule has 0 spiro atoms. The SMILES string of the molecule is CC.CC.CC.CC.CC.c1ccc(C2(c3ccccc3)c3ccccc3Oc3ccccc32)cc1. The Hall–Kier alpha value is -3.32. The van der Waals surface area contributed by atoms with Crippen LogP contribution in [-0.4, -0.2) is 0 Å². The van der Waals surface area contributed by atoms with E-state index in [1.165, 1.54) is 22.3 Å². The Morgan fingerprint density at radius 2 is 0.639 bits per heavy atom. The van der Waals surface area contributed by atoms with Crippen molar-refractivity contribution in [2.45, 2.75) is 74.7 Å². The molecule has 0 aromatic heterocycles. The summed E-state index contributed by atoms with van der Waals surface area (Å²) in [5.74, 6) is 1.83. The van der Waals surface area contributed by atoms with E-state index in [1.54, 1.807) is 0 Å². The third-order valence-corrected chi connectivity index (χ3v) is 5.22. The summed E-state index contributed by atoms with van der Waals surface area (Å²) in [4.78, 5) is 0. The van der Waals surface area contributed by atoms with Gasteiger partial charge in [0, 0.05) is 11.1 Å². The molecule has 0 bridgehead atoms. The minimum absolute atomic E-state index is 0.395. The second kappa shape index (κ2) is 18.9. The number of para-hydroxylation sites is 2. The van der Waals surface area contributed by atoms with Crippen LogP contribution in [0.15, 0.2) is 109 Å². The highest BCUT2D eigenvalue weighted by atomic mass is 16.5. The summed E-state index contributed by atoms with van der Waals surface area (Å²) in [7, 11) is 0. The summed E-state index contributed by atoms with van der Waals surface area (Å²) in [5.41, 5.74) is 4.45. The van der Waals surface area contributed by atoms with Crippen molar-refractivity contribution in [3.8, 4) is 11.5 Å². The van der Waals surface area contributed by atoms with Crippen molar-refractivity contribution < 1.29 is 4.74 Å². The fourth-order valence-electron chi connectivity index (χ4n) is 4.16. The molecule has 0 unspecified atom stereocenters. The van der Waals surface area contributed by atoms with Crippen LogP contribution in [0.4, 0.5) is 0 Å². The van der Waals surface area contributed by atoms with Crippen LogP contribution in [0.25, 0.3) is 0 Å². The normalized spacial score (nSPS) is 10.9. The fourth-order valence-corrected chi connectivity index (χ4v) is 4.16. The van der Waals surface area contributed by atoms with Crippen LogP contribution in [0.5, 0.6) is 11.5 Å². The number of rotatable bonds is 2. The van der Waals surface area contributed by atoms with Crippen LogP contribution in [0, 0.1) is 0 Å². The standard InChI is InChI=1S/C25H18O.5C2H6/c1-3-11-19(12-4-1)25(20-13-5-2-6-14-20)21-15-7-9-17-23(21)26-24-18-10-8-16-22(24)25;5*1-2/h1-18H;5*1-2H3. The Bertz CT molecular complexity index is 965. The molecule has 4 aromatic rings. The Morgan fingerprint density at radius 3 is 0.972 bits per heavy atom. The lowest BCUT2D eigenvalue weighted by Gasteiger charge is -2.41. The van der Waals surface area contributed by atoms with Gasteiger partial charge in [0.1, 0.15) is 11.5 Å². The molecule has 1 heteroatoms. The summed E-state index contributed by atoms with van der Waals surface area (Å²) >= 11 is 0. The van der Waals surface area contributed by atoms with E-state index in [1.807, 2.05) is 81.4 Å². The van der Waals surface area contributed by atoms with Gasteiger partial charge in [-0.1, -0.05) is 166 Å². The summed E-state index contributed by atoms with van der Waals surface area (Å²) in [6, 6.07) is 38.2. The van der Waals surface area contributed by atoms with Gasteiger partial charge in [0.2, 0.25) is 0 Å².